The second kappa shape index (κ2) is 5.05. The molecular formula is C11H13ClN4O. The number of carbonyl (C=O) groups is 1. The van der Waals surface area contributed by atoms with E-state index in [2.05, 4.69) is 15.5 Å². The third-order valence-electron chi connectivity index (χ3n) is 2.39. The summed E-state index contributed by atoms with van der Waals surface area (Å²) in [5.74, 6) is 0.286. The number of hydrogen-bond donors (Lipinski definition) is 2. The molecule has 5 nitrogen and oxygen atoms in total. The summed E-state index contributed by atoms with van der Waals surface area (Å²) >= 11 is 5.94. The minimum absolute atomic E-state index is 0.105. The van der Waals surface area contributed by atoms with E-state index in [1.54, 1.807) is 6.92 Å². The Bertz CT molecular complexity index is 504. The van der Waals surface area contributed by atoms with Crippen molar-refractivity contribution >= 4 is 23.3 Å². The normalized spacial score (nSPS) is 10.5. The van der Waals surface area contributed by atoms with E-state index in [9.17, 15) is 4.79 Å². The van der Waals surface area contributed by atoms with Gasteiger partial charge in [-0.2, -0.15) is 5.10 Å². The van der Waals surface area contributed by atoms with Gasteiger partial charge in [0.25, 0.3) is 0 Å². The van der Waals surface area contributed by atoms with Crippen LogP contribution in [0.1, 0.15) is 12.1 Å². The standard InChI is InChI=1S/C11H13ClN4O/c1-8-10(12)11(15-14-8)13-9(17)4-7-16-5-2-3-6-16/h2-3,5-6H,4,7H2,1H3,(H2,13,14,15,17). The number of anilines is 1. The molecule has 2 N–H and O–H groups in total. The fraction of sp³-hybridized carbons (Fsp3) is 0.273. The van der Waals surface area contributed by atoms with Crippen molar-refractivity contribution in [3.63, 3.8) is 0 Å². The molecule has 2 heterocycles. The zero-order chi connectivity index (χ0) is 12.3. The molecule has 2 aromatic heterocycles. The van der Waals surface area contributed by atoms with Crippen LogP contribution >= 0.6 is 11.6 Å². The third kappa shape index (κ3) is 2.88. The number of halogens is 1. The van der Waals surface area contributed by atoms with Crippen LogP contribution in [-0.2, 0) is 11.3 Å². The van der Waals surface area contributed by atoms with E-state index >= 15 is 0 Å². The fourth-order valence-electron chi connectivity index (χ4n) is 1.44. The summed E-state index contributed by atoms with van der Waals surface area (Å²) in [6.45, 7) is 2.44. The molecule has 0 aliphatic rings. The predicted octanol–water partition coefficient (Wildman–Crippen LogP) is 2.20. The number of nitrogens with zero attached hydrogens (tertiary/aromatic N) is 2. The molecule has 6 heteroatoms. The lowest BCUT2D eigenvalue weighted by molar-refractivity contribution is -0.116. The molecule has 0 spiro atoms. The van der Waals surface area contributed by atoms with Crippen molar-refractivity contribution in [2.24, 2.45) is 0 Å². The second-order valence-electron chi connectivity index (χ2n) is 3.73. The van der Waals surface area contributed by atoms with Crippen molar-refractivity contribution in [2.45, 2.75) is 19.9 Å². The molecule has 2 aromatic rings. The molecule has 0 aliphatic carbocycles. The van der Waals surface area contributed by atoms with Crippen LogP contribution < -0.4 is 5.32 Å². The zero-order valence-electron chi connectivity index (χ0n) is 9.40. The van der Waals surface area contributed by atoms with Crippen LogP contribution in [0.15, 0.2) is 24.5 Å². The summed E-state index contributed by atoms with van der Waals surface area (Å²) in [4.78, 5) is 11.6. The van der Waals surface area contributed by atoms with Crippen LogP contribution in [0.4, 0.5) is 5.82 Å². The maximum Gasteiger partial charge on any atom is 0.227 e. The number of rotatable bonds is 4. The van der Waals surface area contributed by atoms with Crippen molar-refractivity contribution < 1.29 is 4.79 Å². The smallest absolute Gasteiger partial charge is 0.227 e. The van der Waals surface area contributed by atoms with Crippen molar-refractivity contribution in [1.82, 2.24) is 14.8 Å². The quantitative estimate of drug-likeness (QED) is 0.876. The molecular weight excluding hydrogens is 240 g/mol. The topological polar surface area (TPSA) is 62.7 Å². The zero-order valence-corrected chi connectivity index (χ0v) is 10.2. The molecule has 0 aromatic carbocycles. The van der Waals surface area contributed by atoms with E-state index in [1.807, 2.05) is 29.1 Å². The first-order valence-corrected chi connectivity index (χ1v) is 5.65. The summed E-state index contributed by atoms with van der Waals surface area (Å²) in [6, 6.07) is 3.84. The molecule has 0 bridgehead atoms. The molecule has 0 aliphatic heterocycles. The number of aryl methyl sites for hydroxylation is 2. The molecule has 1 amide bonds. The first-order valence-electron chi connectivity index (χ1n) is 5.28. The van der Waals surface area contributed by atoms with Gasteiger partial charge in [0.1, 0.15) is 5.02 Å². The van der Waals surface area contributed by atoms with Gasteiger partial charge in [-0.05, 0) is 19.1 Å². The number of hydrogen-bond acceptors (Lipinski definition) is 2. The molecule has 0 fully saturated rings. The average Bonchev–Trinajstić information content (AvgIpc) is 2.92. The Labute approximate surface area is 104 Å². The monoisotopic (exact) mass is 252 g/mol. The van der Waals surface area contributed by atoms with Crippen LogP contribution in [0.25, 0.3) is 0 Å². The Morgan fingerprint density at radius 2 is 2.24 bits per heavy atom. The number of carbonyl (C=O) groups excluding carboxylic acids is 1. The lowest BCUT2D eigenvalue weighted by Crippen LogP contribution is -2.14. The van der Waals surface area contributed by atoms with E-state index in [1.165, 1.54) is 0 Å². The van der Waals surface area contributed by atoms with Gasteiger partial charge < -0.3 is 9.88 Å². The van der Waals surface area contributed by atoms with Crippen LogP contribution in [0, 0.1) is 6.92 Å². The van der Waals surface area contributed by atoms with Crippen LogP contribution in [-0.4, -0.2) is 20.7 Å². The average molecular weight is 253 g/mol. The van der Waals surface area contributed by atoms with Crippen molar-refractivity contribution in [2.75, 3.05) is 5.32 Å². The highest BCUT2D eigenvalue weighted by Gasteiger charge is 2.10. The Hall–Kier alpha value is -1.75. The van der Waals surface area contributed by atoms with E-state index in [0.29, 0.717) is 23.8 Å². The Kier molecular flexibility index (Phi) is 3.49. The van der Waals surface area contributed by atoms with Gasteiger partial charge in [-0.15, -0.1) is 0 Å². The molecule has 17 heavy (non-hydrogen) atoms. The lowest BCUT2D eigenvalue weighted by atomic mass is 10.4. The summed E-state index contributed by atoms with van der Waals surface area (Å²) in [5, 5.41) is 9.74. The van der Waals surface area contributed by atoms with Gasteiger partial charge in [0.15, 0.2) is 5.82 Å². The predicted molar refractivity (Wildman–Crippen MR) is 66.0 cm³/mol. The summed E-state index contributed by atoms with van der Waals surface area (Å²) in [5.41, 5.74) is 0.743. The molecule has 90 valence electrons. The number of aromatic amines is 1. The molecule has 0 saturated heterocycles. The van der Waals surface area contributed by atoms with Crippen LogP contribution in [0.2, 0.25) is 5.02 Å². The number of amides is 1. The largest absolute Gasteiger partial charge is 0.354 e. The minimum atomic E-state index is -0.105. The Morgan fingerprint density at radius 1 is 1.53 bits per heavy atom. The van der Waals surface area contributed by atoms with Gasteiger partial charge in [0.05, 0.1) is 5.69 Å². The SMILES string of the molecule is Cc1[nH]nc(NC(=O)CCn2cccc2)c1Cl. The Balaban J connectivity index is 1.87. The third-order valence-corrected chi connectivity index (χ3v) is 2.86. The molecule has 2 rings (SSSR count). The maximum absolute atomic E-state index is 11.6. The van der Waals surface area contributed by atoms with Gasteiger partial charge >= 0.3 is 0 Å². The lowest BCUT2D eigenvalue weighted by Gasteiger charge is -2.03. The van der Waals surface area contributed by atoms with Crippen molar-refractivity contribution in [1.29, 1.82) is 0 Å². The van der Waals surface area contributed by atoms with E-state index in [-0.39, 0.29) is 5.91 Å². The highest BCUT2D eigenvalue weighted by molar-refractivity contribution is 6.34. The van der Waals surface area contributed by atoms with Gasteiger partial charge in [-0.25, -0.2) is 0 Å². The van der Waals surface area contributed by atoms with Crippen molar-refractivity contribution in [3.8, 4) is 0 Å². The minimum Gasteiger partial charge on any atom is -0.354 e. The van der Waals surface area contributed by atoms with Gasteiger partial charge in [-0.1, -0.05) is 11.6 Å². The van der Waals surface area contributed by atoms with Gasteiger partial charge in [-0.3, -0.25) is 9.89 Å². The number of H-pyrrole nitrogens is 1. The molecule has 0 radical (unpaired) electrons. The summed E-state index contributed by atoms with van der Waals surface area (Å²) in [7, 11) is 0. The van der Waals surface area contributed by atoms with Crippen molar-refractivity contribution in [3.05, 3.63) is 35.2 Å². The first-order chi connectivity index (χ1) is 8.16. The van der Waals surface area contributed by atoms with Gasteiger partial charge in [0.2, 0.25) is 5.91 Å². The van der Waals surface area contributed by atoms with Crippen LogP contribution in [0.3, 0.4) is 0 Å². The highest BCUT2D eigenvalue weighted by Crippen LogP contribution is 2.21. The second-order valence-corrected chi connectivity index (χ2v) is 4.11. The summed E-state index contributed by atoms with van der Waals surface area (Å²) < 4.78 is 1.94. The molecule has 0 unspecified atom stereocenters. The van der Waals surface area contributed by atoms with E-state index < -0.39 is 0 Å². The highest BCUT2D eigenvalue weighted by atomic mass is 35.5. The van der Waals surface area contributed by atoms with Gasteiger partial charge in [0, 0.05) is 25.4 Å². The van der Waals surface area contributed by atoms with E-state index in [0.717, 1.165) is 5.69 Å². The van der Waals surface area contributed by atoms with E-state index in [4.69, 9.17) is 11.6 Å². The molecule has 0 atom stereocenters. The number of aromatic nitrogens is 3. The molecule has 0 saturated carbocycles. The fourth-order valence-corrected chi connectivity index (χ4v) is 1.57. The summed E-state index contributed by atoms with van der Waals surface area (Å²) in [6.07, 6.45) is 4.22. The Morgan fingerprint density at radius 3 is 2.82 bits per heavy atom. The number of nitrogens with one attached hydrogen (secondary N) is 2. The first kappa shape index (κ1) is 11.7. The van der Waals surface area contributed by atoms with Crippen LogP contribution in [0.5, 0.6) is 0 Å². The maximum atomic E-state index is 11.6.